The number of amides is 1. The monoisotopic (exact) mass is 296 g/mol. The van der Waals surface area contributed by atoms with E-state index >= 15 is 0 Å². The molecule has 1 saturated heterocycles. The van der Waals surface area contributed by atoms with Gasteiger partial charge in [-0.1, -0.05) is 17.7 Å². The normalized spacial score (nSPS) is 18.6. The van der Waals surface area contributed by atoms with Gasteiger partial charge in [0.1, 0.15) is 5.75 Å². The molecule has 0 saturated carbocycles. The molecule has 1 aliphatic rings. The molecule has 0 aliphatic carbocycles. The standard InChI is InChI=1S/C15H21ClN2O2/c1-18(10-12-4-3-7-17-9-12)15(19)11-20-14-6-2-5-13(16)8-14/h2,5-6,8,12,17H,3-4,7,9-11H2,1H3. The van der Waals surface area contributed by atoms with Gasteiger partial charge in [-0.15, -0.1) is 0 Å². The summed E-state index contributed by atoms with van der Waals surface area (Å²) in [6.07, 6.45) is 2.37. The van der Waals surface area contributed by atoms with Gasteiger partial charge >= 0.3 is 0 Å². The minimum atomic E-state index is -0.00412. The minimum Gasteiger partial charge on any atom is -0.484 e. The SMILES string of the molecule is CN(CC1CCCNC1)C(=O)COc1cccc(Cl)c1. The highest BCUT2D eigenvalue weighted by atomic mass is 35.5. The van der Waals surface area contributed by atoms with Crippen molar-refractivity contribution in [3.05, 3.63) is 29.3 Å². The van der Waals surface area contributed by atoms with Crippen LogP contribution in [0.15, 0.2) is 24.3 Å². The van der Waals surface area contributed by atoms with E-state index < -0.39 is 0 Å². The summed E-state index contributed by atoms with van der Waals surface area (Å²) < 4.78 is 5.47. The van der Waals surface area contributed by atoms with Gasteiger partial charge in [0.2, 0.25) is 0 Å². The Balaban J connectivity index is 1.76. The Kier molecular flexibility index (Phi) is 5.68. The molecule has 1 atom stereocenters. The van der Waals surface area contributed by atoms with E-state index in [2.05, 4.69) is 5.32 Å². The molecule has 1 fully saturated rings. The lowest BCUT2D eigenvalue weighted by Crippen LogP contribution is -2.40. The number of nitrogens with one attached hydrogen (secondary N) is 1. The highest BCUT2D eigenvalue weighted by Gasteiger charge is 2.18. The van der Waals surface area contributed by atoms with Gasteiger partial charge in [0.05, 0.1) is 0 Å². The van der Waals surface area contributed by atoms with Crippen molar-refractivity contribution in [3.63, 3.8) is 0 Å². The average Bonchev–Trinajstić information content (AvgIpc) is 2.46. The number of nitrogens with zero attached hydrogens (tertiary/aromatic N) is 1. The van der Waals surface area contributed by atoms with E-state index in [1.165, 1.54) is 12.8 Å². The second kappa shape index (κ2) is 7.50. The van der Waals surface area contributed by atoms with Crippen molar-refractivity contribution in [1.82, 2.24) is 10.2 Å². The zero-order valence-corrected chi connectivity index (χ0v) is 12.5. The Morgan fingerprint density at radius 1 is 1.55 bits per heavy atom. The average molecular weight is 297 g/mol. The van der Waals surface area contributed by atoms with Crippen molar-refractivity contribution < 1.29 is 9.53 Å². The predicted molar refractivity (Wildman–Crippen MR) is 80.2 cm³/mol. The fourth-order valence-corrected chi connectivity index (χ4v) is 2.56. The van der Waals surface area contributed by atoms with E-state index in [9.17, 15) is 4.79 Å². The third-order valence-electron chi connectivity index (χ3n) is 3.52. The number of rotatable bonds is 5. The molecule has 1 aliphatic heterocycles. The second-order valence-corrected chi connectivity index (χ2v) is 5.67. The summed E-state index contributed by atoms with van der Waals surface area (Å²) >= 11 is 5.87. The summed E-state index contributed by atoms with van der Waals surface area (Å²) in [6.45, 7) is 2.92. The van der Waals surface area contributed by atoms with Gasteiger partial charge in [0.25, 0.3) is 5.91 Å². The van der Waals surface area contributed by atoms with Gasteiger partial charge < -0.3 is 15.0 Å². The molecule has 1 amide bonds. The first kappa shape index (κ1) is 15.1. The number of likely N-dealkylation sites (N-methyl/N-ethyl adjacent to an activating group) is 1. The van der Waals surface area contributed by atoms with E-state index in [4.69, 9.17) is 16.3 Å². The number of hydrogen-bond donors (Lipinski definition) is 1. The third kappa shape index (κ3) is 4.69. The first-order valence-corrected chi connectivity index (χ1v) is 7.36. The minimum absolute atomic E-state index is 0.00412. The van der Waals surface area contributed by atoms with E-state index in [1.807, 2.05) is 7.05 Å². The molecule has 0 radical (unpaired) electrons. The van der Waals surface area contributed by atoms with Crippen molar-refractivity contribution in [2.24, 2.45) is 5.92 Å². The van der Waals surface area contributed by atoms with Crippen molar-refractivity contribution in [1.29, 1.82) is 0 Å². The molecule has 0 bridgehead atoms. The van der Waals surface area contributed by atoms with Crippen LogP contribution in [0.1, 0.15) is 12.8 Å². The predicted octanol–water partition coefficient (Wildman–Crippen LogP) is 2.18. The Morgan fingerprint density at radius 2 is 2.40 bits per heavy atom. The Bertz CT molecular complexity index is 447. The fourth-order valence-electron chi connectivity index (χ4n) is 2.38. The molecule has 1 heterocycles. The van der Waals surface area contributed by atoms with E-state index in [1.54, 1.807) is 29.2 Å². The molecule has 110 valence electrons. The van der Waals surface area contributed by atoms with Crippen LogP contribution < -0.4 is 10.1 Å². The summed E-state index contributed by atoms with van der Waals surface area (Å²) in [5.74, 6) is 1.16. The number of carbonyl (C=O) groups excluding carboxylic acids is 1. The largest absolute Gasteiger partial charge is 0.484 e. The van der Waals surface area contributed by atoms with Crippen LogP contribution in [0.2, 0.25) is 5.02 Å². The molecule has 0 aromatic heterocycles. The molecule has 1 aromatic carbocycles. The van der Waals surface area contributed by atoms with Crippen molar-refractivity contribution in [2.45, 2.75) is 12.8 Å². The van der Waals surface area contributed by atoms with Crippen LogP contribution in [-0.2, 0) is 4.79 Å². The lowest BCUT2D eigenvalue weighted by molar-refractivity contribution is -0.132. The Labute approximate surface area is 125 Å². The zero-order valence-electron chi connectivity index (χ0n) is 11.8. The van der Waals surface area contributed by atoms with Crippen LogP contribution in [0.5, 0.6) is 5.75 Å². The molecule has 20 heavy (non-hydrogen) atoms. The van der Waals surface area contributed by atoms with Gasteiger partial charge in [0, 0.05) is 18.6 Å². The summed E-state index contributed by atoms with van der Waals surface area (Å²) in [6, 6.07) is 7.09. The van der Waals surface area contributed by atoms with E-state index in [0.29, 0.717) is 16.7 Å². The van der Waals surface area contributed by atoms with Crippen LogP contribution in [0, 0.1) is 5.92 Å². The van der Waals surface area contributed by atoms with Gasteiger partial charge in [0.15, 0.2) is 6.61 Å². The lowest BCUT2D eigenvalue weighted by Gasteiger charge is -2.27. The summed E-state index contributed by atoms with van der Waals surface area (Å²) in [4.78, 5) is 13.8. The maximum atomic E-state index is 12.0. The smallest absolute Gasteiger partial charge is 0.260 e. The topological polar surface area (TPSA) is 41.6 Å². The molecule has 1 unspecified atom stereocenters. The highest BCUT2D eigenvalue weighted by Crippen LogP contribution is 2.17. The van der Waals surface area contributed by atoms with Crippen molar-refractivity contribution >= 4 is 17.5 Å². The number of piperidine rings is 1. The van der Waals surface area contributed by atoms with Crippen molar-refractivity contribution in [2.75, 3.05) is 33.3 Å². The van der Waals surface area contributed by atoms with Gasteiger partial charge in [-0.05, 0) is 50.0 Å². The number of benzene rings is 1. The first-order chi connectivity index (χ1) is 9.65. The molecule has 4 nitrogen and oxygen atoms in total. The van der Waals surface area contributed by atoms with Crippen molar-refractivity contribution in [3.8, 4) is 5.75 Å². The molecule has 1 N–H and O–H groups in total. The van der Waals surface area contributed by atoms with Crippen LogP contribution in [0.4, 0.5) is 0 Å². The zero-order chi connectivity index (χ0) is 14.4. The summed E-state index contributed by atoms with van der Waals surface area (Å²) in [5, 5.41) is 3.97. The summed E-state index contributed by atoms with van der Waals surface area (Å²) in [7, 11) is 1.83. The van der Waals surface area contributed by atoms with E-state index in [-0.39, 0.29) is 12.5 Å². The molecule has 5 heteroatoms. The van der Waals surface area contributed by atoms with Crippen LogP contribution >= 0.6 is 11.6 Å². The first-order valence-electron chi connectivity index (χ1n) is 6.98. The number of halogens is 1. The molecular weight excluding hydrogens is 276 g/mol. The third-order valence-corrected chi connectivity index (χ3v) is 3.75. The van der Waals surface area contributed by atoms with Crippen LogP contribution in [-0.4, -0.2) is 44.1 Å². The van der Waals surface area contributed by atoms with Crippen LogP contribution in [0.3, 0.4) is 0 Å². The number of ether oxygens (including phenoxy) is 1. The molecule has 2 rings (SSSR count). The molecule has 1 aromatic rings. The number of hydrogen-bond acceptors (Lipinski definition) is 3. The molecular formula is C15H21ClN2O2. The van der Waals surface area contributed by atoms with Gasteiger partial charge in [-0.25, -0.2) is 0 Å². The van der Waals surface area contributed by atoms with Crippen LogP contribution in [0.25, 0.3) is 0 Å². The maximum Gasteiger partial charge on any atom is 0.260 e. The summed E-state index contributed by atoms with van der Waals surface area (Å²) in [5.41, 5.74) is 0. The Hall–Kier alpha value is -1.26. The van der Waals surface area contributed by atoms with Gasteiger partial charge in [-0.2, -0.15) is 0 Å². The highest BCUT2D eigenvalue weighted by molar-refractivity contribution is 6.30. The lowest BCUT2D eigenvalue weighted by atomic mass is 9.99. The molecule has 0 spiro atoms. The fraction of sp³-hybridized carbons (Fsp3) is 0.533. The Morgan fingerprint density at radius 3 is 3.10 bits per heavy atom. The van der Waals surface area contributed by atoms with E-state index in [0.717, 1.165) is 19.6 Å². The van der Waals surface area contributed by atoms with Gasteiger partial charge in [-0.3, -0.25) is 4.79 Å². The second-order valence-electron chi connectivity index (χ2n) is 5.23. The maximum absolute atomic E-state index is 12.0. The number of carbonyl (C=O) groups is 1. The quantitative estimate of drug-likeness (QED) is 0.905.